The molecule has 4 rings (SSSR count). The van der Waals surface area contributed by atoms with E-state index in [1.807, 2.05) is 49.0 Å². The first-order chi connectivity index (χ1) is 14.8. The number of rotatable bonds is 7. The average molecular weight is 439 g/mol. The Bertz CT molecular complexity index is 1320. The number of carbonyl (C=O) groups is 2. The summed E-state index contributed by atoms with van der Waals surface area (Å²) in [6, 6.07) is 14.0. The maximum Gasteiger partial charge on any atom is 0.296 e. The highest BCUT2D eigenvalue weighted by Gasteiger charge is 2.32. The van der Waals surface area contributed by atoms with Crippen LogP contribution in [0.5, 0.6) is 0 Å². The molecule has 0 atom stereocenters. The molecule has 1 aliphatic heterocycles. The van der Waals surface area contributed by atoms with Crippen LogP contribution < -0.4 is 5.32 Å². The molecule has 1 aliphatic rings. The zero-order valence-corrected chi connectivity index (χ0v) is 18.0. The van der Waals surface area contributed by atoms with E-state index in [0.29, 0.717) is 16.7 Å². The number of amides is 2. The van der Waals surface area contributed by atoms with Gasteiger partial charge >= 0.3 is 0 Å². The van der Waals surface area contributed by atoms with Crippen LogP contribution >= 0.6 is 0 Å². The van der Waals surface area contributed by atoms with Gasteiger partial charge in [0.25, 0.3) is 21.9 Å². The molecule has 2 aromatic carbocycles. The number of aryl methyl sites for hydroxylation is 2. The van der Waals surface area contributed by atoms with Gasteiger partial charge in [0, 0.05) is 35.3 Å². The summed E-state index contributed by atoms with van der Waals surface area (Å²) < 4.78 is 31.7. The Morgan fingerprint density at radius 3 is 2.45 bits per heavy atom. The summed E-state index contributed by atoms with van der Waals surface area (Å²) in [7, 11) is -2.00. The van der Waals surface area contributed by atoms with E-state index in [0.717, 1.165) is 16.5 Å². The van der Waals surface area contributed by atoms with Crippen molar-refractivity contribution in [3.63, 3.8) is 0 Å². The van der Waals surface area contributed by atoms with Gasteiger partial charge in [0.05, 0.1) is 17.1 Å². The summed E-state index contributed by atoms with van der Waals surface area (Å²) in [4.78, 5) is 25.0. The van der Waals surface area contributed by atoms with Crippen molar-refractivity contribution in [2.75, 3.05) is 6.61 Å². The first-order valence-corrected chi connectivity index (χ1v) is 11.3. The number of carbonyl (C=O) groups excluding carboxylic acids is 2. The predicted octanol–water partition coefficient (Wildman–Crippen LogP) is 3.08. The minimum Gasteiger partial charge on any atom is -0.350 e. The summed E-state index contributed by atoms with van der Waals surface area (Å²) in [5.74, 6) is -0.890. The Hall–Kier alpha value is -3.23. The van der Waals surface area contributed by atoms with Gasteiger partial charge in [0.15, 0.2) is 0 Å². The molecule has 0 saturated carbocycles. The molecular formula is C23H22N2O5S. The van der Waals surface area contributed by atoms with Crippen LogP contribution in [0.4, 0.5) is 0 Å². The summed E-state index contributed by atoms with van der Waals surface area (Å²) in [6.45, 7) is 1.77. The van der Waals surface area contributed by atoms with Gasteiger partial charge in [-0.05, 0) is 38.0 Å². The second-order valence-corrected chi connectivity index (χ2v) is 9.12. The molecule has 2 amide bonds. The third kappa shape index (κ3) is 4.04. The number of para-hydroxylation sites is 1. The number of hydrogen-bond donors (Lipinski definition) is 1. The van der Waals surface area contributed by atoms with Gasteiger partial charge in [-0.2, -0.15) is 8.42 Å². The predicted molar refractivity (Wildman–Crippen MR) is 117 cm³/mol. The van der Waals surface area contributed by atoms with Gasteiger partial charge in [0.1, 0.15) is 0 Å². The maximum atomic E-state index is 12.5. The van der Waals surface area contributed by atoms with E-state index in [1.54, 1.807) is 12.1 Å². The lowest BCUT2D eigenvalue weighted by Crippen LogP contribution is -2.23. The Kier molecular flexibility index (Phi) is 5.51. The zero-order valence-electron chi connectivity index (χ0n) is 17.2. The van der Waals surface area contributed by atoms with E-state index in [1.165, 1.54) is 12.1 Å². The second-order valence-electron chi connectivity index (χ2n) is 7.50. The van der Waals surface area contributed by atoms with Crippen molar-refractivity contribution in [3.8, 4) is 0 Å². The van der Waals surface area contributed by atoms with E-state index in [2.05, 4.69) is 5.32 Å². The molecule has 0 fully saturated rings. The highest BCUT2D eigenvalue weighted by molar-refractivity contribution is 7.86. The third-order valence-electron chi connectivity index (χ3n) is 5.32. The number of nitrogens with one attached hydrogen (secondary N) is 1. The molecule has 3 aromatic rings. The van der Waals surface area contributed by atoms with Crippen LogP contribution in [0.1, 0.15) is 24.0 Å². The molecule has 8 heteroatoms. The number of imide groups is 1. The third-order valence-corrected chi connectivity index (χ3v) is 6.64. The fraction of sp³-hybridized carbons (Fsp3) is 0.217. The lowest BCUT2D eigenvalue weighted by atomic mass is 9.98. The zero-order chi connectivity index (χ0) is 22.2. The van der Waals surface area contributed by atoms with Crippen molar-refractivity contribution in [1.82, 2.24) is 9.88 Å². The van der Waals surface area contributed by atoms with Crippen LogP contribution in [0, 0.1) is 6.92 Å². The van der Waals surface area contributed by atoms with E-state index in [9.17, 15) is 18.0 Å². The van der Waals surface area contributed by atoms with Crippen LogP contribution in [0.15, 0.2) is 65.2 Å². The number of hydrogen-bond acceptors (Lipinski definition) is 5. The Morgan fingerprint density at radius 2 is 1.71 bits per heavy atom. The van der Waals surface area contributed by atoms with Gasteiger partial charge in [-0.3, -0.25) is 19.1 Å². The molecule has 1 aromatic heterocycles. The summed E-state index contributed by atoms with van der Waals surface area (Å²) in [6.07, 6.45) is 2.32. The second kappa shape index (κ2) is 8.13. The van der Waals surface area contributed by atoms with Gasteiger partial charge < -0.3 is 4.57 Å². The van der Waals surface area contributed by atoms with Gasteiger partial charge in [-0.1, -0.05) is 35.9 Å². The van der Waals surface area contributed by atoms with Crippen LogP contribution in [0.2, 0.25) is 0 Å². The molecule has 0 unspecified atom stereocenters. The minimum absolute atomic E-state index is 0.0857. The topological polar surface area (TPSA) is 94.5 Å². The van der Waals surface area contributed by atoms with E-state index in [4.69, 9.17) is 4.18 Å². The van der Waals surface area contributed by atoms with Crippen molar-refractivity contribution >= 4 is 38.4 Å². The maximum absolute atomic E-state index is 12.5. The smallest absolute Gasteiger partial charge is 0.296 e. The van der Waals surface area contributed by atoms with Crippen molar-refractivity contribution in [3.05, 3.63) is 71.4 Å². The minimum atomic E-state index is -3.88. The molecule has 31 heavy (non-hydrogen) atoms. The van der Waals surface area contributed by atoms with Crippen LogP contribution in [-0.2, 0) is 30.9 Å². The lowest BCUT2D eigenvalue weighted by molar-refractivity contribution is -0.123. The van der Waals surface area contributed by atoms with E-state index in [-0.39, 0.29) is 24.3 Å². The summed E-state index contributed by atoms with van der Waals surface area (Å²) >= 11 is 0. The number of fused-ring (bicyclic) bond motifs is 1. The first-order valence-electron chi connectivity index (χ1n) is 9.87. The average Bonchev–Trinajstić information content (AvgIpc) is 3.21. The molecule has 7 nitrogen and oxygen atoms in total. The molecule has 160 valence electrons. The molecular weight excluding hydrogens is 416 g/mol. The number of benzene rings is 2. The summed E-state index contributed by atoms with van der Waals surface area (Å²) in [5.41, 5.74) is 3.26. The Morgan fingerprint density at radius 1 is 1.00 bits per heavy atom. The van der Waals surface area contributed by atoms with Crippen molar-refractivity contribution < 1.29 is 22.2 Å². The largest absolute Gasteiger partial charge is 0.350 e. The van der Waals surface area contributed by atoms with Gasteiger partial charge in [0.2, 0.25) is 0 Å². The van der Waals surface area contributed by atoms with E-state index < -0.39 is 21.9 Å². The first kappa shape index (κ1) is 21.0. The summed E-state index contributed by atoms with van der Waals surface area (Å²) in [5, 5.41) is 3.23. The van der Waals surface area contributed by atoms with Gasteiger partial charge in [-0.15, -0.1) is 0 Å². The lowest BCUT2D eigenvalue weighted by Gasteiger charge is -2.07. The fourth-order valence-corrected chi connectivity index (χ4v) is 4.69. The molecule has 0 aliphatic carbocycles. The molecule has 2 heterocycles. The highest BCUT2D eigenvalue weighted by Crippen LogP contribution is 2.33. The van der Waals surface area contributed by atoms with Crippen LogP contribution in [0.25, 0.3) is 16.5 Å². The van der Waals surface area contributed by atoms with Crippen molar-refractivity contribution in [1.29, 1.82) is 0 Å². The normalized spacial score (nSPS) is 14.5. The van der Waals surface area contributed by atoms with Crippen molar-refractivity contribution in [2.45, 2.75) is 24.7 Å². The van der Waals surface area contributed by atoms with Crippen molar-refractivity contribution in [2.24, 2.45) is 7.05 Å². The standard InChI is InChI=1S/C23H22N2O5S/c1-15-9-11-16(12-10-15)31(28,29)30-13-5-7-18-21(23(27)24-22(18)26)19-14-25(2)20-8-4-3-6-17(19)20/h3-4,6,8-12,14H,5,7,13H2,1-2H3,(H,24,26,27). The van der Waals surface area contributed by atoms with Gasteiger partial charge in [-0.25, -0.2) is 0 Å². The van der Waals surface area contributed by atoms with Crippen LogP contribution in [-0.4, -0.2) is 31.4 Å². The highest BCUT2D eigenvalue weighted by atomic mass is 32.2. The SMILES string of the molecule is Cc1ccc(S(=O)(=O)OCCCC2=C(c3cn(C)c4ccccc34)C(=O)NC2=O)cc1. The molecule has 0 radical (unpaired) electrons. The van der Waals surface area contributed by atoms with Crippen LogP contribution in [0.3, 0.4) is 0 Å². The Labute approximate surface area is 180 Å². The quantitative estimate of drug-likeness (QED) is 0.348. The van der Waals surface area contributed by atoms with E-state index >= 15 is 0 Å². The molecule has 1 N–H and O–H groups in total. The molecule has 0 bridgehead atoms. The molecule has 0 spiro atoms. The number of aromatic nitrogens is 1. The number of nitrogens with zero attached hydrogens (tertiary/aromatic N) is 1. The molecule has 0 saturated heterocycles. The Balaban J connectivity index is 1.53. The monoisotopic (exact) mass is 438 g/mol. The fourth-order valence-electron chi connectivity index (χ4n) is 3.75.